The molecule has 7 nitrogen and oxygen atoms in total. The summed E-state index contributed by atoms with van der Waals surface area (Å²) in [7, 11) is 0. The van der Waals surface area contributed by atoms with Gasteiger partial charge in [-0.2, -0.15) is 17.9 Å². The second-order valence-corrected chi connectivity index (χ2v) is 10.3. The summed E-state index contributed by atoms with van der Waals surface area (Å²) >= 11 is 0. The first-order valence-electron chi connectivity index (χ1n) is 14.3. The molecule has 5 aromatic rings. The molecule has 0 saturated carbocycles. The molecule has 45 heavy (non-hydrogen) atoms. The third-order valence-corrected chi connectivity index (χ3v) is 7.21. The molecular formula is C34H29F4N3O4. The van der Waals surface area contributed by atoms with E-state index >= 15 is 0 Å². The van der Waals surface area contributed by atoms with E-state index in [0.29, 0.717) is 30.8 Å². The number of hydrogen-bond donors (Lipinski definition) is 1. The van der Waals surface area contributed by atoms with Crippen molar-refractivity contribution in [3.63, 3.8) is 0 Å². The molecule has 5 rings (SSSR count). The molecule has 0 atom stereocenters. The lowest BCUT2D eigenvalue weighted by Gasteiger charge is -2.12. The van der Waals surface area contributed by atoms with Gasteiger partial charge in [-0.3, -0.25) is 4.79 Å². The van der Waals surface area contributed by atoms with E-state index in [4.69, 9.17) is 4.74 Å². The summed E-state index contributed by atoms with van der Waals surface area (Å²) in [6.07, 6.45) is -3.44. The molecule has 0 bridgehead atoms. The summed E-state index contributed by atoms with van der Waals surface area (Å²) in [6, 6.07) is 23.1. The van der Waals surface area contributed by atoms with Gasteiger partial charge in [0, 0.05) is 12.0 Å². The second kappa shape index (κ2) is 13.2. The molecule has 0 amide bonds. The van der Waals surface area contributed by atoms with E-state index in [9.17, 15) is 32.3 Å². The zero-order valence-corrected chi connectivity index (χ0v) is 24.2. The summed E-state index contributed by atoms with van der Waals surface area (Å²) in [6.45, 7) is 2.25. The van der Waals surface area contributed by atoms with Crippen molar-refractivity contribution in [2.24, 2.45) is 0 Å². The van der Waals surface area contributed by atoms with E-state index in [2.05, 4.69) is 5.10 Å². The molecule has 0 spiro atoms. The maximum Gasteiger partial charge on any atom is 0.416 e. The van der Waals surface area contributed by atoms with E-state index in [1.54, 1.807) is 18.2 Å². The number of aromatic nitrogens is 3. The zero-order chi connectivity index (χ0) is 32.1. The minimum Gasteiger partial charge on any atom is -0.494 e. The standard InChI is InChI=1S/C34H29F4N3O4/c1-2-45-30-18-17-24(19-25(30)20-32(42)43)23-15-13-22(14-16-23)7-5-12-31-39-41(27-9-6-8-26(21-27)34(36,37)38)33(44)40(31)29-11-4-3-10-28(29)35/h3-4,6,8-11,13-19,21H,2,5,7,12,20H2,1H3,(H,42,43). The molecule has 0 unspecified atom stereocenters. The normalized spacial score (nSPS) is 11.5. The van der Waals surface area contributed by atoms with E-state index in [-0.39, 0.29) is 30.0 Å². The maximum absolute atomic E-state index is 14.8. The molecule has 4 aromatic carbocycles. The summed E-state index contributed by atoms with van der Waals surface area (Å²) in [4.78, 5) is 24.8. The first-order valence-corrected chi connectivity index (χ1v) is 14.3. The quantitative estimate of drug-likeness (QED) is 0.160. The average Bonchev–Trinajstić information content (AvgIpc) is 3.33. The van der Waals surface area contributed by atoms with Crippen molar-refractivity contribution >= 4 is 5.97 Å². The fraction of sp³-hybridized carbons (Fsp3) is 0.206. The van der Waals surface area contributed by atoms with Gasteiger partial charge in [0.2, 0.25) is 0 Å². The van der Waals surface area contributed by atoms with Gasteiger partial charge in [0.1, 0.15) is 17.4 Å². The number of aryl methyl sites for hydroxylation is 2. The highest BCUT2D eigenvalue weighted by Gasteiger charge is 2.31. The predicted octanol–water partition coefficient (Wildman–Crippen LogP) is 7.05. The van der Waals surface area contributed by atoms with Crippen molar-refractivity contribution < 1.29 is 32.2 Å². The Bertz CT molecular complexity index is 1880. The van der Waals surface area contributed by atoms with Crippen LogP contribution in [0.5, 0.6) is 5.75 Å². The number of para-hydroxylation sites is 1. The first kappa shape index (κ1) is 31.2. The Hall–Kier alpha value is -5.19. The van der Waals surface area contributed by atoms with Gasteiger partial charge < -0.3 is 9.84 Å². The predicted molar refractivity (Wildman–Crippen MR) is 161 cm³/mol. The molecule has 0 aliphatic rings. The van der Waals surface area contributed by atoms with Crippen LogP contribution in [-0.4, -0.2) is 32.0 Å². The molecule has 232 valence electrons. The highest BCUT2D eigenvalue weighted by atomic mass is 19.4. The third kappa shape index (κ3) is 7.14. The van der Waals surface area contributed by atoms with Gasteiger partial charge in [0.05, 0.1) is 30.0 Å². The fourth-order valence-electron chi connectivity index (χ4n) is 5.10. The van der Waals surface area contributed by atoms with Crippen LogP contribution in [-0.2, 0) is 30.2 Å². The van der Waals surface area contributed by atoms with Gasteiger partial charge in [0.15, 0.2) is 0 Å². The number of alkyl halides is 3. The van der Waals surface area contributed by atoms with Gasteiger partial charge in [-0.15, -0.1) is 5.10 Å². The van der Waals surface area contributed by atoms with Crippen LogP contribution in [0.3, 0.4) is 0 Å². The highest BCUT2D eigenvalue weighted by Crippen LogP contribution is 2.31. The van der Waals surface area contributed by atoms with Crippen LogP contribution < -0.4 is 10.4 Å². The van der Waals surface area contributed by atoms with Gasteiger partial charge >= 0.3 is 17.8 Å². The van der Waals surface area contributed by atoms with Gasteiger partial charge in [-0.1, -0.05) is 48.5 Å². The molecule has 0 fully saturated rings. The average molecular weight is 620 g/mol. The number of halogens is 4. The number of benzene rings is 4. The van der Waals surface area contributed by atoms with Crippen molar-refractivity contribution in [3.8, 4) is 28.3 Å². The van der Waals surface area contributed by atoms with Crippen LogP contribution in [0.25, 0.3) is 22.5 Å². The third-order valence-electron chi connectivity index (χ3n) is 7.21. The van der Waals surface area contributed by atoms with Crippen molar-refractivity contribution in [1.82, 2.24) is 14.3 Å². The lowest BCUT2D eigenvalue weighted by Crippen LogP contribution is -2.24. The Labute approximate surface area is 256 Å². The molecule has 0 aliphatic carbocycles. The topological polar surface area (TPSA) is 86.4 Å². The van der Waals surface area contributed by atoms with E-state index in [1.807, 2.05) is 37.3 Å². The number of aliphatic carboxylic acids is 1. The number of ether oxygens (including phenoxy) is 1. The monoisotopic (exact) mass is 619 g/mol. The molecule has 1 N–H and O–H groups in total. The molecular weight excluding hydrogens is 590 g/mol. The molecule has 1 aromatic heterocycles. The Morgan fingerprint density at radius 2 is 1.64 bits per heavy atom. The first-order chi connectivity index (χ1) is 21.5. The van der Waals surface area contributed by atoms with Crippen LogP contribution in [0.1, 0.15) is 35.9 Å². The van der Waals surface area contributed by atoms with Crippen LogP contribution >= 0.6 is 0 Å². The Morgan fingerprint density at radius 3 is 2.33 bits per heavy atom. The lowest BCUT2D eigenvalue weighted by molar-refractivity contribution is -0.138. The van der Waals surface area contributed by atoms with Gasteiger partial charge in [-0.25, -0.2) is 13.8 Å². The van der Waals surface area contributed by atoms with Crippen molar-refractivity contribution in [1.29, 1.82) is 0 Å². The Kier molecular flexibility index (Phi) is 9.17. The SMILES string of the molecule is CCOc1ccc(-c2ccc(CCCc3nn(-c4cccc(C(F)(F)F)c4)c(=O)n3-c3ccccc3F)cc2)cc1CC(=O)O. The summed E-state index contributed by atoms with van der Waals surface area (Å²) in [5, 5.41) is 13.6. The number of carboxylic acid groups (broad SMARTS) is 1. The molecule has 0 saturated heterocycles. The molecule has 11 heteroatoms. The number of nitrogens with zero attached hydrogens (tertiary/aromatic N) is 3. The van der Waals surface area contributed by atoms with Crippen molar-refractivity contribution in [2.75, 3.05) is 6.61 Å². The number of rotatable bonds is 11. The van der Waals surface area contributed by atoms with Crippen molar-refractivity contribution in [2.45, 2.75) is 38.8 Å². The van der Waals surface area contributed by atoms with Crippen LogP contribution in [0.15, 0.2) is 95.8 Å². The number of carboxylic acids is 1. The van der Waals surface area contributed by atoms with Crippen LogP contribution in [0.2, 0.25) is 0 Å². The van der Waals surface area contributed by atoms with E-state index in [1.165, 1.54) is 30.3 Å². The number of hydrogen-bond acceptors (Lipinski definition) is 4. The van der Waals surface area contributed by atoms with E-state index in [0.717, 1.165) is 38.1 Å². The Morgan fingerprint density at radius 1 is 0.911 bits per heavy atom. The van der Waals surface area contributed by atoms with Crippen LogP contribution in [0, 0.1) is 5.82 Å². The molecule has 1 heterocycles. The lowest BCUT2D eigenvalue weighted by atomic mass is 9.98. The smallest absolute Gasteiger partial charge is 0.416 e. The Balaban J connectivity index is 1.38. The van der Waals surface area contributed by atoms with Gasteiger partial charge in [-0.05, 0) is 78.9 Å². The molecule has 0 radical (unpaired) electrons. The zero-order valence-electron chi connectivity index (χ0n) is 24.2. The summed E-state index contributed by atoms with van der Waals surface area (Å²) < 4.78 is 62.4. The summed E-state index contributed by atoms with van der Waals surface area (Å²) in [5.74, 6) is -0.881. The molecule has 0 aliphatic heterocycles. The van der Waals surface area contributed by atoms with Crippen LogP contribution in [0.4, 0.5) is 17.6 Å². The fourth-order valence-corrected chi connectivity index (χ4v) is 5.10. The number of carbonyl (C=O) groups is 1. The highest BCUT2D eigenvalue weighted by molar-refractivity contribution is 5.74. The minimum absolute atomic E-state index is 0.0438. The minimum atomic E-state index is -4.61. The van der Waals surface area contributed by atoms with Gasteiger partial charge in [0.25, 0.3) is 0 Å². The maximum atomic E-state index is 14.8. The summed E-state index contributed by atoms with van der Waals surface area (Å²) in [5.41, 5.74) is 1.46. The second-order valence-electron chi connectivity index (χ2n) is 10.3. The largest absolute Gasteiger partial charge is 0.494 e. The van der Waals surface area contributed by atoms with Crippen molar-refractivity contribution in [3.05, 3.63) is 130 Å². The van der Waals surface area contributed by atoms with E-state index < -0.39 is 29.2 Å².